The summed E-state index contributed by atoms with van der Waals surface area (Å²) in [5.74, 6) is -1.02. The van der Waals surface area contributed by atoms with Crippen molar-refractivity contribution in [3.05, 3.63) is 0 Å². The lowest BCUT2D eigenvalue weighted by molar-refractivity contribution is -0.140. The molecule has 0 spiro atoms. The number of carboxylic acids is 1. The Morgan fingerprint density at radius 3 is 2.39 bits per heavy atom. The van der Waals surface area contributed by atoms with E-state index in [0.717, 1.165) is 32.1 Å². The number of aliphatic carboxylic acids is 1. The van der Waals surface area contributed by atoms with Crippen LogP contribution in [0.2, 0.25) is 0 Å². The third-order valence-electron chi connectivity index (χ3n) is 3.65. The second-order valence-corrected chi connectivity index (χ2v) is 5.36. The van der Waals surface area contributed by atoms with Gasteiger partial charge in [-0.25, -0.2) is 0 Å². The van der Waals surface area contributed by atoms with Gasteiger partial charge in [0.1, 0.15) is 0 Å². The Labute approximate surface area is 108 Å². The van der Waals surface area contributed by atoms with Crippen molar-refractivity contribution in [1.82, 2.24) is 10.6 Å². The lowest BCUT2D eigenvalue weighted by Gasteiger charge is -2.37. The summed E-state index contributed by atoms with van der Waals surface area (Å²) in [5, 5.41) is 15.0. The molecular weight excluding hydrogens is 232 g/mol. The van der Waals surface area contributed by atoms with Crippen LogP contribution >= 0.6 is 0 Å². The molecule has 3 N–H and O–H groups in total. The lowest BCUT2D eigenvalue weighted by atomic mass is 9.79. The molecule has 1 atom stereocenters. The van der Waals surface area contributed by atoms with Gasteiger partial charge in [-0.15, -0.1) is 0 Å². The van der Waals surface area contributed by atoms with Gasteiger partial charge in [0.2, 0.25) is 5.91 Å². The highest BCUT2D eigenvalue weighted by molar-refractivity contribution is 5.80. The monoisotopic (exact) mass is 256 g/mol. The molecule has 0 aromatic carbocycles. The second kappa shape index (κ2) is 6.73. The van der Waals surface area contributed by atoms with E-state index < -0.39 is 11.5 Å². The molecule has 1 rings (SSSR count). The van der Waals surface area contributed by atoms with Gasteiger partial charge in [-0.1, -0.05) is 26.2 Å². The van der Waals surface area contributed by atoms with Crippen LogP contribution in [-0.4, -0.2) is 36.1 Å². The average molecular weight is 256 g/mol. The molecule has 0 radical (unpaired) electrons. The van der Waals surface area contributed by atoms with Gasteiger partial charge >= 0.3 is 5.97 Å². The van der Waals surface area contributed by atoms with Gasteiger partial charge in [-0.2, -0.15) is 0 Å². The van der Waals surface area contributed by atoms with E-state index in [9.17, 15) is 9.59 Å². The van der Waals surface area contributed by atoms with Crippen LogP contribution in [0.4, 0.5) is 0 Å². The van der Waals surface area contributed by atoms with Gasteiger partial charge in [-0.05, 0) is 19.9 Å². The van der Waals surface area contributed by atoms with Crippen LogP contribution in [0, 0.1) is 5.92 Å². The molecule has 1 amide bonds. The van der Waals surface area contributed by atoms with E-state index in [1.54, 1.807) is 7.05 Å². The summed E-state index contributed by atoms with van der Waals surface area (Å²) in [5.41, 5.74) is -0.525. The van der Waals surface area contributed by atoms with Crippen molar-refractivity contribution in [2.75, 3.05) is 13.6 Å². The fourth-order valence-corrected chi connectivity index (χ4v) is 2.65. The summed E-state index contributed by atoms with van der Waals surface area (Å²) < 4.78 is 0. The Bertz CT molecular complexity index is 299. The second-order valence-electron chi connectivity index (χ2n) is 5.36. The van der Waals surface area contributed by atoms with Crippen molar-refractivity contribution >= 4 is 11.9 Å². The van der Waals surface area contributed by atoms with Crippen molar-refractivity contribution in [3.63, 3.8) is 0 Å². The molecule has 5 heteroatoms. The fraction of sp³-hybridized carbons (Fsp3) is 0.846. The zero-order valence-corrected chi connectivity index (χ0v) is 11.3. The Morgan fingerprint density at radius 1 is 1.28 bits per heavy atom. The Kier molecular flexibility index (Phi) is 5.59. The minimum absolute atomic E-state index is 0.0328. The molecule has 1 saturated carbocycles. The molecule has 5 nitrogen and oxygen atoms in total. The first kappa shape index (κ1) is 15.0. The van der Waals surface area contributed by atoms with Crippen LogP contribution in [0.15, 0.2) is 0 Å². The maximum absolute atomic E-state index is 12.0. The zero-order chi connectivity index (χ0) is 13.6. The first-order valence-corrected chi connectivity index (χ1v) is 6.67. The predicted molar refractivity (Wildman–Crippen MR) is 69.3 cm³/mol. The summed E-state index contributed by atoms with van der Waals surface area (Å²) >= 11 is 0. The molecule has 18 heavy (non-hydrogen) atoms. The van der Waals surface area contributed by atoms with Crippen LogP contribution in [0.1, 0.15) is 45.4 Å². The van der Waals surface area contributed by atoms with Crippen LogP contribution in [0.5, 0.6) is 0 Å². The third kappa shape index (κ3) is 4.29. The maximum Gasteiger partial charge on any atom is 0.305 e. The Balaban J connectivity index is 2.66. The molecule has 0 bridgehead atoms. The molecule has 1 unspecified atom stereocenters. The molecule has 1 fully saturated rings. The van der Waals surface area contributed by atoms with E-state index in [1.807, 2.05) is 6.92 Å². The van der Waals surface area contributed by atoms with Crippen molar-refractivity contribution in [2.24, 2.45) is 5.92 Å². The average Bonchev–Trinajstić information content (AvgIpc) is 2.29. The lowest BCUT2D eigenvalue weighted by Crippen LogP contribution is -2.53. The van der Waals surface area contributed by atoms with E-state index >= 15 is 0 Å². The van der Waals surface area contributed by atoms with Gasteiger partial charge in [0, 0.05) is 12.5 Å². The first-order valence-electron chi connectivity index (χ1n) is 6.67. The summed E-state index contributed by atoms with van der Waals surface area (Å²) in [7, 11) is 1.80. The number of hydrogen-bond donors (Lipinski definition) is 3. The number of rotatable bonds is 6. The number of carbonyl (C=O) groups excluding carboxylic acids is 1. The van der Waals surface area contributed by atoms with E-state index in [2.05, 4.69) is 10.6 Å². The van der Waals surface area contributed by atoms with Gasteiger partial charge in [0.25, 0.3) is 0 Å². The molecule has 0 saturated heterocycles. The normalized spacial score (nSPS) is 20.1. The van der Waals surface area contributed by atoms with E-state index in [1.165, 1.54) is 0 Å². The van der Waals surface area contributed by atoms with Gasteiger partial charge < -0.3 is 15.7 Å². The standard InChI is InChI=1S/C13H24N2O3/c1-10(9-14-2)12(18)15-13(8-11(16)17)6-4-3-5-7-13/h10,14H,3-9H2,1-2H3,(H,15,18)(H,16,17). The maximum atomic E-state index is 12.0. The third-order valence-corrected chi connectivity index (χ3v) is 3.65. The quantitative estimate of drug-likeness (QED) is 0.666. The number of nitrogens with one attached hydrogen (secondary N) is 2. The fourth-order valence-electron chi connectivity index (χ4n) is 2.65. The summed E-state index contributed by atoms with van der Waals surface area (Å²) in [6.45, 7) is 2.46. The topological polar surface area (TPSA) is 78.4 Å². The number of carbonyl (C=O) groups is 2. The number of amides is 1. The van der Waals surface area contributed by atoms with E-state index in [4.69, 9.17) is 5.11 Å². The van der Waals surface area contributed by atoms with Crippen molar-refractivity contribution in [2.45, 2.75) is 51.0 Å². The highest BCUT2D eigenvalue weighted by Crippen LogP contribution is 2.31. The minimum Gasteiger partial charge on any atom is -0.481 e. The summed E-state index contributed by atoms with van der Waals surface area (Å²) in [6.07, 6.45) is 4.70. The van der Waals surface area contributed by atoms with Crippen molar-refractivity contribution < 1.29 is 14.7 Å². The SMILES string of the molecule is CNCC(C)C(=O)NC1(CC(=O)O)CCCCC1. The van der Waals surface area contributed by atoms with Crippen LogP contribution < -0.4 is 10.6 Å². The van der Waals surface area contributed by atoms with Gasteiger partial charge in [0.05, 0.1) is 12.0 Å². The molecule has 1 aliphatic rings. The molecule has 0 aromatic heterocycles. The van der Waals surface area contributed by atoms with Crippen molar-refractivity contribution in [3.8, 4) is 0 Å². The van der Waals surface area contributed by atoms with Crippen LogP contribution in [-0.2, 0) is 9.59 Å². The summed E-state index contributed by atoms with van der Waals surface area (Å²) in [6, 6.07) is 0. The smallest absolute Gasteiger partial charge is 0.305 e. The number of carboxylic acid groups (broad SMARTS) is 1. The van der Waals surface area contributed by atoms with Crippen LogP contribution in [0.3, 0.4) is 0 Å². The number of hydrogen-bond acceptors (Lipinski definition) is 3. The molecule has 1 aliphatic carbocycles. The van der Waals surface area contributed by atoms with E-state index in [0.29, 0.717) is 6.54 Å². The van der Waals surface area contributed by atoms with Crippen molar-refractivity contribution in [1.29, 1.82) is 0 Å². The molecule has 0 aromatic rings. The van der Waals surface area contributed by atoms with Gasteiger partial charge in [0.15, 0.2) is 0 Å². The summed E-state index contributed by atoms with van der Waals surface area (Å²) in [4.78, 5) is 23.0. The predicted octanol–water partition coefficient (Wildman–Crippen LogP) is 1.14. The minimum atomic E-state index is -0.835. The highest BCUT2D eigenvalue weighted by Gasteiger charge is 2.36. The molecular formula is C13H24N2O3. The Morgan fingerprint density at radius 2 is 1.89 bits per heavy atom. The van der Waals surface area contributed by atoms with Gasteiger partial charge in [-0.3, -0.25) is 9.59 Å². The Hall–Kier alpha value is -1.10. The zero-order valence-electron chi connectivity index (χ0n) is 11.3. The van der Waals surface area contributed by atoms with E-state index in [-0.39, 0.29) is 18.2 Å². The molecule has 104 valence electrons. The first-order chi connectivity index (χ1) is 8.49. The highest BCUT2D eigenvalue weighted by atomic mass is 16.4. The van der Waals surface area contributed by atoms with Crippen LogP contribution in [0.25, 0.3) is 0 Å². The molecule has 0 heterocycles. The largest absolute Gasteiger partial charge is 0.481 e. The molecule has 0 aliphatic heterocycles.